The Morgan fingerprint density at radius 3 is 1.87 bits per heavy atom. The fourth-order valence-electron chi connectivity index (χ4n) is 6.56. The maximum atomic E-state index is 6.44. The van der Waals surface area contributed by atoms with E-state index in [9.17, 15) is 0 Å². The van der Waals surface area contributed by atoms with Crippen molar-refractivity contribution in [1.29, 1.82) is 0 Å². The van der Waals surface area contributed by atoms with Gasteiger partial charge < -0.3 is 9.32 Å². The first-order valence-electron chi connectivity index (χ1n) is 15.5. The van der Waals surface area contributed by atoms with Gasteiger partial charge in [-0.1, -0.05) is 109 Å². The van der Waals surface area contributed by atoms with Gasteiger partial charge in [-0.2, -0.15) is 0 Å². The van der Waals surface area contributed by atoms with E-state index < -0.39 is 0 Å². The maximum Gasteiger partial charge on any atom is 0.227 e. The third-order valence-electron chi connectivity index (χ3n) is 8.84. The highest BCUT2D eigenvalue weighted by molar-refractivity contribution is 6.18. The van der Waals surface area contributed by atoms with Crippen LogP contribution in [0.4, 0.5) is 17.1 Å². The van der Waals surface area contributed by atoms with Gasteiger partial charge in [-0.3, -0.25) is 0 Å². The Kier molecular flexibility index (Phi) is 6.14. The van der Waals surface area contributed by atoms with Crippen molar-refractivity contribution in [3.8, 4) is 22.6 Å². The molecule has 0 aliphatic carbocycles. The van der Waals surface area contributed by atoms with Gasteiger partial charge in [0.1, 0.15) is 5.52 Å². The molecular formula is C43H28N2O. The van der Waals surface area contributed by atoms with E-state index in [2.05, 4.69) is 138 Å². The van der Waals surface area contributed by atoms with Gasteiger partial charge in [-0.05, 0) is 98.7 Å². The standard InChI is InChI=1S/C43H28N2O/c1-3-10-32(11-4-1)43-44-40-26-21-31-16-18-35-28-38(24-25-39(35)41(31)42(40)46-43)45(36-13-5-2-6-14-36)37-22-19-30(20-23-37)34-17-15-29-9-7-8-12-33(29)27-34/h1-28H. The molecule has 0 spiro atoms. The molecule has 0 saturated carbocycles. The average Bonchev–Trinajstić information content (AvgIpc) is 3.57. The minimum absolute atomic E-state index is 0.638. The molecular weight excluding hydrogens is 560 g/mol. The van der Waals surface area contributed by atoms with Crippen molar-refractivity contribution in [2.75, 3.05) is 4.90 Å². The van der Waals surface area contributed by atoms with Crippen LogP contribution in [-0.4, -0.2) is 4.98 Å². The van der Waals surface area contributed by atoms with Crippen LogP contribution in [0.25, 0.3) is 66.0 Å². The summed E-state index contributed by atoms with van der Waals surface area (Å²) in [5.41, 5.74) is 8.35. The highest BCUT2D eigenvalue weighted by atomic mass is 16.3. The minimum Gasteiger partial charge on any atom is -0.435 e. The Morgan fingerprint density at radius 2 is 1.04 bits per heavy atom. The van der Waals surface area contributed by atoms with Gasteiger partial charge in [0, 0.05) is 28.0 Å². The molecule has 3 nitrogen and oxygen atoms in total. The zero-order chi connectivity index (χ0) is 30.5. The van der Waals surface area contributed by atoms with Crippen LogP contribution in [0.3, 0.4) is 0 Å². The Morgan fingerprint density at radius 1 is 0.413 bits per heavy atom. The van der Waals surface area contributed by atoms with E-state index in [-0.39, 0.29) is 0 Å². The van der Waals surface area contributed by atoms with Crippen LogP contribution in [0.15, 0.2) is 174 Å². The number of hydrogen-bond acceptors (Lipinski definition) is 3. The summed E-state index contributed by atoms with van der Waals surface area (Å²) in [5.74, 6) is 0.638. The molecule has 9 rings (SSSR count). The number of para-hydroxylation sites is 1. The summed E-state index contributed by atoms with van der Waals surface area (Å²) in [6.07, 6.45) is 0. The molecule has 0 unspecified atom stereocenters. The number of anilines is 3. The SMILES string of the molecule is c1ccc(-c2nc3ccc4ccc5cc(N(c6ccccc6)c6ccc(-c7ccc8ccccc8c7)cc6)ccc5c4c3o2)cc1. The predicted molar refractivity (Wildman–Crippen MR) is 192 cm³/mol. The minimum atomic E-state index is 0.638. The molecule has 0 saturated heterocycles. The molecule has 0 amide bonds. The van der Waals surface area contributed by atoms with E-state index in [4.69, 9.17) is 9.40 Å². The lowest BCUT2D eigenvalue weighted by Gasteiger charge is -2.26. The first kappa shape index (κ1) is 26.2. The van der Waals surface area contributed by atoms with E-state index in [1.807, 2.05) is 36.4 Å². The Bertz CT molecular complexity index is 2520. The Hall–Kier alpha value is -6.19. The maximum absolute atomic E-state index is 6.44. The molecule has 1 heterocycles. The fraction of sp³-hybridized carbons (Fsp3) is 0. The molecule has 1 aromatic heterocycles. The van der Waals surface area contributed by atoms with Crippen LogP contribution < -0.4 is 4.90 Å². The van der Waals surface area contributed by atoms with Crippen molar-refractivity contribution in [3.63, 3.8) is 0 Å². The molecule has 0 atom stereocenters. The zero-order valence-corrected chi connectivity index (χ0v) is 25.0. The molecule has 9 aromatic rings. The van der Waals surface area contributed by atoms with Gasteiger partial charge in [-0.15, -0.1) is 0 Å². The van der Waals surface area contributed by atoms with Crippen LogP contribution in [0.2, 0.25) is 0 Å². The van der Waals surface area contributed by atoms with Crippen molar-refractivity contribution in [1.82, 2.24) is 4.98 Å². The summed E-state index contributed by atoms with van der Waals surface area (Å²) in [6, 6.07) is 59.9. The lowest BCUT2D eigenvalue weighted by Crippen LogP contribution is -2.09. The molecule has 46 heavy (non-hydrogen) atoms. The molecule has 216 valence electrons. The van der Waals surface area contributed by atoms with Gasteiger partial charge in [0.05, 0.1) is 0 Å². The van der Waals surface area contributed by atoms with E-state index in [0.29, 0.717) is 5.89 Å². The topological polar surface area (TPSA) is 29.3 Å². The summed E-state index contributed by atoms with van der Waals surface area (Å²) >= 11 is 0. The van der Waals surface area contributed by atoms with Crippen LogP contribution in [0, 0.1) is 0 Å². The van der Waals surface area contributed by atoms with Gasteiger partial charge in [0.25, 0.3) is 0 Å². The van der Waals surface area contributed by atoms with Gasteiger partial charge in [0.15, 0.2) is 5.58 Å². The van der Waals surface area contributed by atoms with Crippen molar-refractivity contribution in [2.45, 2.75) is 0 Å². The first-order valence-corrected chi connectivity index (χ1v) is 15.5. The quantitative estimate of drug-likeness (QED) is 0.187. The largest absolute Gasteiger partial charge is 0.435 e. The summed E-state index contributed by atoms with van der Waals surface area (Å²) in [6.45, 7) is 0. The van der Waals surface area contributed by atoms with Gasteiger partial charge in [0.2, 0.25) is 5.89 Å². The van der Waals surface area contributed by atoms with Gasteiger partial charge in [-0.25, -0.2) is 4.98 Å². The normalized spacial score (nSPS) is 11.5. The zero-order valence-electron chi connectivity index (χ0n) is 25.0. The Balaban J connectivity index is 1.15. The summed E-state index contributed by atoms with van der Waals surface area (Å²) in [7, 11) is 0. The third kappa shape index (κ3) is 4.49. The van der Waals surface area contributed by atoms with E-state index in [0.717, 1.165) is 55.3 Å². The number of rotatable bonds is 5. The smallest absolute Gasteiger partial charge is 0.227 e. The van der Waals surface area contributed by atoms with E-state index in [1.54, 1.807) is 0 Å². The monoisotopic (exact) mass is 588 g/mol. The lowest BCUT2D eigenvalue weighted by molar-refractivity contribution is 0.623. The molecule has 0 radical (unpaired) electrons. The van der Waals surface area contributed by atoms with E-state index >= 15 is 0 Å². The van der Waals surface area contributed by atoms with Crippen molar-refractivity contribution in [2.24, 2.45) is 0 Å². The third-order valence-corrected chi connectivity index (χ3v) is 8.84. The number of aromatic nitrogens is 1. The number of nitrogens with zero attached hydrogens (tertiary/aromatic N) is 2. The second kappa shape index (κ2) is 10.8. The van der Waals surface area contributed by atoms with Crippen molar-refractivity contribution in [3.05, 3.63) is 170 Å². The lowest BCUT2D eigenvalue weighted by atomic mass is 9.99. The highest BCUT2D eigenvalue weighted by Gasteiger charge is 2.17. The highest BCUT2D eigenvalue weighted by Crippen LogP contribution is 2.40. The number of benzene rings is 8. The van der Waals surface area contributed by atoms with Crippen LogP contribution in [-0.2, 0) is 0 Å². The van der Waals surface area contributed by atoms with Crippen LogP contribution in [0.5, 0.6) is 0 Å². The predicted octanol–water partition coefficient (Wildman–Crippen LogP) is 12.1. The summed E-state index contributed by atoms with van der Waals surface area (Å²) in [5, 5.41) is 7.00. The average molecular weight is 589 g/mol. The van der Waals surface area contributed by atoms with E-state index in [1.165, 1.54) is 21.9 Å². The number of hydrogen-bond donors (Lipinski definition) is 0. The summed E-state index contributed by atoms with van der Waals surface area (Å²) < 4.78 is 6.44. The van der Waals surface area contributed by atoms with Crippen molar-refractivity contribution >= 4 is 60.5 Å². The molecule has 8 aromatic carbocycles. The molecule has 3 heteroatoms. The van der Waals surface area contributed by atoms with Crippen LogP contribution in [0.1, 0.15) is 0 Å². The molecule has 0 bridgehead atoms. The molecule has 0 fully saturated rings. The number of oxazole rings is 1. The first-order chi connectivity index (χ1) is 22.8. The molecule has 0 aliphatic rings. The molecule has 0 aliphatic heterocycles. The second-order valence-corrected chi connectivity index (χ2v) is 11.6. The van der Waals surface area contributed by atoms with Gasteiger partial charge >= 0.3 is 0 Å². The summed E-state index contributed by atoms with van der Waals surface area (Å²) in [4.78, 5) is 7.15. The number of fused-ring (bicyclic) bond motifs is 6. The van der Waals surface area contributed by atoms with Crippen molar-refractivity contribution < 1.29 is 4.42 Å². The van der Waals surface area contributed by atoms with Crippen LogP contribution >= 0.6 is 0 Å². The Labute approximate surface area is 266 Å². The molecule has 0 N–H and O–H groups in total. The second-order valence-electron chi connectivity index (χ2n) is 11.6. The fourth-order valence-corrected chi connectivity index (χ4v) is 6.56.